The molecule has 1 aromatic carbocycles. The van der Waals surface area contributed by atoms with Crippen LogP contribution in [0.25, 0.3) is 0 Å². The number of hydrogen-bond donors (Lipinski definition) is 1. The lowest BCUT2D eigenvalue weighted by Crippen LogP contribution is -2.23. The third-order valence-electron chi connectivity index (χ3n) is 3.26. The van der Waals surface area contributed by atoms with Crippen molar-refractivity contribution in [1.29, 1.82) is 0 Å². The molecule has 2 rings (SSSR count). The van der Waals surface area contributed by atoms with E-state index in [0.717, 1.165) is 28.3 Å². The van der Waals surface area contributed by atoms with Gasteiger partial charge in [-0.3, -0.25) is 4.79 Å². The predicted molar refractivity (Wildman–Crippen MR) is 86.5 cm³/mol. The molecule has 1 atom stereocenters. The molecule has 0 aliphatic rings. The SMILES string of the molecule is Cc1cc(CSC(C)C(=O)Nc2c(C)cccc2C)no1. The summed E-state index contributed by atoms with van der Waals surface area (Å²) in [6.45, 7) is 7.76. The molecule has 1 unspecified atom stereocenters. The van der Waals surface area contributed by atoms with E-state index in [1.807, 2.05) is 52.0 Å². The van der Waals surface area contributed by atoms with E-state index >= 15 is 0 Å². The highest BCUT2D eigenvalue weighted by Crippen LogP contribution is 2.23. The minimum Gasteiger partial charge on any atom is -0.361 e. The maximum absolute atomic E-state index is 12.3. The normalized spacial score (nSPS) is 12.2. The van der Waals surface area contributed by atoms with Crippen molar-refractivity contribution in [2.45, 2.75) is 38.7 Å². The van der Waals surface area contributed by atoms with Gasteiger partial charge in [-0.1, -0.05) is 23.4 Å². The molecule has 4 nitrogen and oxygen atoms in total. The zero-order valence-electron chi connectivity index (χ0n) is 12.8. The number of carbonyl (C=O) groups excluding carboxylic acids is 1. The summed E-state index contributed by atoms with van der Waals surface area (Å²) in [7, 11) is 0. The summed E-state index contributed by atoms with van der Waals surface area (Å²) in [5.74, 6) is 1.47. The number of aryl methyl sites for hydroxylation is 3. The summed E-state index contributed by atoms with van der Waals surface area (Å²) in [6.07, 6.45) is 0. The average Bonchev–Trinajstić information content (AvgIpc) is 2.86. The number of hydrogen-bond acceptors (Lipinski definition) is 4. The van der Waals surface area contributed by atoms with Crippen LogP contribution < -0.4 is 5.32 Å². The summed E-state index contributed by atoms with van der Waals surface area (Å²) in [5, 5.41) is 6.80. The van der Waals surface area contributed by atoms with Gasteiger partial charge in [0.05, 0.1) is 10.9 Å². The Labute approximate surface area is 129 Å². The van der Waals surface area contributed by atoms with Crippen LogP contribution in [0.3, 0.4) is 0 Å². The van der Waals surface area contributed by atoms with E-state index in [2.05, 4.69) is 10.5 Å². The molecule has 1 heterocycles. The fourth-order valence-corrected chi connectivity index (χ4v) is 2.78. The van der Waals surface area contributed by atoms with Crippen LogP contribution in [-0.2, 0) is 10.5 Å². The van der Waals surface area contributed by atoms with Gasteiger partial charge >= 0.3 is 0 Å². The summed E-state index contributed by atoms with van der Waals surface area (Å²) in [6, 6.07) is 7.88. The number of nitrogens with one attached hydrogen (secondary N) is 1. The number of aromatic nitrogens is 1. The molecule has 0 saturated heterocycles. The van der Waals surface area contributed by atoms with Gasteiger partial charge in [0.25, 0.3) is 0 Å². The number of para-hydroxylation sites is 1. The molecule has 0 aliphatic heterocycles. The Morgan fingerprint density at radius 1 is 1.33 bits per heavy atom. The second-order valence-corrected chi connectivity index (χ2v) is 6.47. The number of nitrogens with zero attached hydrogens (tertiary/aromatic N) is 1. The van der Waals surface area contributed by atoms with E-state index in [1.165, 1.54) is 0 Å². The molecule has 0 fully saturated rings. The molecule has 21 heavy (non-hydrogen) atoms. The van der Waals surface area contributed by atoms with Crippen molar-refractivity contribution >= 4 is 23.4 Å². The first kappa shape index (κ1) is 15.6. The van der Waals surface area contributed by atoms with Crippen LogP contribution in [0.5, 0.6) is 0 Å². The molecule has 5 heteroatoms. The number of amides is 1. The van der Waals surface area contributed by atoms with Crippen molar-refractivity contribution in [3.63, 3.8) is 0 Å². The highest BCUT2D eigenvalue weighted by molar-refractivity contribution is 7.99. The van der Waals surface area contributed by atoms with Crippen molar-refractivity contribution in [3.8, 4) is 0 Å². The Morgan fingerprint density at radius 3 is 2.57 bits per heavy atom. The molecule has 0 aliphatic carbocycles. The van der Waals surface area contributed by atoms with Crippen LogP contribution in [0, 0.1) is 20.8 Å². The summed E-state index contributed by atoms with van der Waals surface area (Å²) >= 11 is 1.55. The fourth-order valence-electron chi connectivity index (χ4n) is 2.01. The predicted octanol–water partition coefficient (Wildman–Crippen LogP) is 3.86. The van der Waals surface area contributed by atoms with Crippen LogP contribution in [0.1, 0.15) is 29.5 Å². The zero-order chi connectivity index (χ0) is 15.4. The Kier molecular flexibility index (Phi) is 5.07. The second kappa shape index (κ2) is 6.80. The van der Waals surface area contributed by atoms with Gasteiger partial charge in [-0.15, -0.1) is 11.8 Å². The van der Waals surface area contributed by atoms with Gasteiger partial charge in [-0.25, -0.2) is 0 Å². The van der Waals surface area contributed by atoms with Gasteiger partial charge < -0.3 is 9.84 Å². The van der Waals surface area contributed by atoms with Gasteiger partial charge in [-0.2, -0.15) is 0 Å². The number of anilines is 1. The molecule has 1 aromatic heterocycles. The van der Waals surface area contributed by atoms with Crippen molar-refractivity contribution < 1.29 is 9.32 Å². The lowest BCUT2D eigenvalue weighted by Gasteiger charge is -2.15. The Balaban J connectivity index is 1.93. The van der Waals surface area contributed by atoms with Crippen LogP contribution in [0.2, 0.25) is 0 Å². The lowest BCUT2D eigenvalue weighted by molar-refractivity contribution is -0.115. The van der Waals surface area contributed by atoms with Crippen LogP contribution >= 0.6 is 11.8 Å². The Morgan fingerprint density at radius 2 is 2.00 bits per heavy atom. The zero-order valence-corrected chi connectivity index (χ0v) is 13.6. The smallest absolute Gasteiger partial charge is 0.237 e. The quantitative estimate of drug-likeness (QED) is 0.911. The third kappa shape index (κ3) is 4.11. The standard InChI is InChI=1S/C16H20N2O2S/c1-10-6-5-7-11(2)15(10)17-16(19)13(4)21-9-14-8-12(3)20-18-14/h5-8,13H,9H2,1-4H3,(H,17,19). The first-order valence-corrected chi connectivity index (χ1v) is 7.93. The van der Waals surface area contributed by atoms with Gasteiger partial charge in [-0.05, 0) is 38.8 Å². The summed E-state index contributed by atoms with van der Waals surface area (Å²) in [5.41, 5.74) is 3.93. The highest BCUT2D eigenvalue weighted by Gasteiger charge is 2.16. The van der Waals surface area contributed by atoms with E-state index in [4.69, 9.17) is 4.52 Å². The van der Waals surface area contributed by atoms with E-state index < -0.39 is 0 Å². The number of benzene rings is 1. The summed E-state index contributed by atoms with van der Waals surface area (Å²) < 4.78 is 5.02. The van der Waals surface area contributed by atoms with Crippen LogP contribution in [0.4, 0.5) is 5.69 Å². The van der Waals surface area contributed by atoms with Crippen LogP contribution in [0.15, 0.2) is 28.8 Å². The van der Waals surface area contributed by atoms with Gasteiger partial charge in [0.1, 0.15) is 5.76 Å². The Bertz CT molecular complexity index is 617. The first-order chi connectivity index (χ1) is 9.97. The maximum Gasteiger partial charge on any atom is 0.237 e. The molecule has 0 saturated carbocycles. The topological polar surface area (TPSA) is 55.1 Å². The number of thioether (sulfide) groups is 1. The molecular formula is C16H20N2O2S. The molecule has 0 radical (unpaired) electrons. The number of carbonyl (C=O) groups is 1. The Hall–Kier alpha value is -1.75. The van der Waals surface area contributed by atoms with Crippen molar-refractivity contribution in [1.82, 2.24) is 5.16 Å². The van der Waals surface area contributed by atoms with Crippen molar-refractivity contribution in [2.24, 2.45) is 0 Å². The minimum atomic E-state index is -0.152. The van der Waals surface area contributed by atoms with Crippen LogP contribution in [-0.4, -0.2) is 16.3 Å². The minimum absolute atomic E-state index is 0.0117. The van der Waals surface area contributed by atoms with Gasteiger partial charge in [0.2, 0.25) is 5.91 Å². The van der Waals surface area contributed by atoms with E-state index in [1.54, 1.807) is 11.8 Å². The van der Waals surface area contributed by atoms with Gasteiger partial charge in [0, 0.05) is 17.5 Å². The largest absolute Gasteiger partial charge is 0.361 e. The van der Waals surface area contributed by atoms with E-state index in [-0.39, 0.29) is 11.2 Å². The maximum atomic E-state index is 12.3. The van der Waals surface area contributed by atoms with Crippen molar-refractivity contribution in [2.75, 3.05) is 5.32 Å². The molecule has 112 valence electrons. The summed E-state index contributed by atoms with van der Waals surface area (Å²) in [4.78, 5) is 12.3. The monoisotopic (exact) mass is 304 g/mol. The van der Waals surface area contributed by atoms with Crippen molar-refractivity contribution in [3.05, 3.63) is 46.8 Å². The first-order valence-electron chi connectivity index (χ1n) is 6.88. The molecule has 1 N–H and O–H groups in total. The van der Waals surface area contributed by atoms with E-state index in [9.17, 15) is 4.79 Å². The molecular weight excluding hydrogens is 284 g/mol. The lowest BCUT2D eigenvalue weighted by atomic mass is 10.1. The average molecular weight is 304 g/mol. The van der Waals surface area contributed by atoms with E-state index in [0.29, 0.717) is 5.75 Å². The second-order valence-electron chi connectivity index (χ2n) is 5.14. The molecule has 1 amide bonds. The highest BCUT2D eigenvalue weighted by atomic mass is 32.2. The molecule has 0 bridgehead atoms. The third-order valence-corrected chi connectivity index (χ3v) is 4.43. The number of rotatable bonds is 5. The van der Waals surface area contributed by atoms with Gasteiger partial charge in [0.15, 0.2) is 0 Å². The molecule has 0 spiro atoms. The fraction of sp³-hybridized carbons (Fsp3) is 0.375. The molecule has 2 aromatic rings.